The second kappa shape index (κ2) is 9.32. The molecule has 1 amide bonds. The Balaban J connectivity index is 1.52. The van der Waals surface area contributed by atoms with Crippen LogP contribution in [-0.2, 0) is 11.3 Å². The van der Waals surface area contributed by atoms with E-state index in [0.29, 0.717) is 30.2 Å². The van der Waals surface area contributed by atoms with Crippen molar-refractivity contribution in [3.63, 3.8) is 0 Å². The van der Waals surface area contributed by atoms with E-state index in [4.69, 9.17) is 9.47 Å². The van der Waals surface area contributed by atoms with Crippen molar-refractivity contribution in [3.8, 4) is 16.3 Å². The molecule has 1 aliphatic rings. The van der Waals surface area contributed by atoms with Gasteiger partial charge in [-0.05, 0) is 44.9 Å². The number of hydrogen-bond acceptors (Lipinski definition) is 7. The summed E-state index contributed by atoms with van der Waals surface area (Å²) in [6.45, 7) is 5.44. The van der Waals surface area contributed by atoms with Gasteiger partial charge in [-0.3, -0.25) is 14.8 Å². The van der Waals surface area contributed by atoms with Gasteiger partial charge in [0.1, 0.15) is 17.4 Å². The number of thiazole rings is 1. The first-order valence-electron chi connectivity index (χ1n) is 9.95. The van der Waals surface area contributed by atoms with Crippen LogP contribution in [0.4, 0.5) is 0 Å². The third kappa shape index (κ3) is 5.20. The monoisotopic (exact) mass is 424 g/mol. The predicted octanol–water partition coefficient (Wildman–Crippen LogP) is 3.70. The lowest BCUT2D eigenvalue weighted by Crippen LogP contribution is -2.23. The largest absolute Gasteiger partial charge is 0.491 e. The number of aromatic nitrogens is 3. The Morgan fingerprint density at radius 2 is 2.10 bits per heavy atom. The highest BCUT2D eigenvalue weighted by atomic mass is 32.1. The lowest BCUT2D eigenvalue weighted by atomic mass is 10.1. The quantitative estimate of drug-likeness (QED) is 0.622. The van der Waals surface area contributed by atoms with Gasteiger partial charge in [-0.15, -0.1) is 11.3 Å². The van der Waals surface area contributed by atoms with Crippen LogP contribution in [0.15, 0.2) is 36.8 Å². The van der Waals surface area contributed by atoms with Crippen LogP contribution in [-0.4, -0.2) is 40.2 Å². The standard InChI is InChI=1S/C22H24N4O3S/c1-14-9-24-18(11-23-14)12-25-21(27)16-6-17(22-26-10-15(2)30-22)8-20(7-16)29-13-19-4-3-5-28-19/h6-11,19H,3-5,12-13H2,1-2H3,(H,25,27). The fraction of sp³-hybridized carbons (Fsp3) is 0.364. The van der Waals surface area contributed by atoms with Crippen molar-refractivity contribution < 1.29 is 14.3 Å². The Kier molecular flexibility index (Phi) is 6.35. The van der Waals surface area contributed by atoms with Gasteiger partial charge in [-0.1, -0.05) is 0 Å². The number of nitrogens with one attached hydrogen (secondary N) is 1. The molecule has 2 aromatic heterocycles. The van der Waals surface area contributed by atoms with Crippen molar-refractivity contribution in [2.24, 2.45) is 0 Å². The van der Waals surface area contributed by atoms with Crippen LogP contribution in [0.5, 0.6) is 5.75 Å². The first-order valence-corrected chi connectivity index (χ1v) is 10.8. The van der Waals surface area contributed by atoms with Gasteiger partial charge in [0.15, 0.2) is 0 Å². The third-order valence-corrected chi connectivity index (χ3v) is 5.72. The van der Waals surface area contributed by atoms with Crippen LogP contribution < -0.4 is 10.1 Å². The van der Waals surface area contributed by atoms with Crippen LogP contribution in [0.3, 0.4) is 0 Å². The first-order chi connectivity index (χ1) is 14.6. The van der Waals surface area contributed by atoms with Crippen LogP contribution >= 0.6 is 11.3 Å². The summed E-state index contributed by atoms with van der Waals surface area (Å²) in [6, 6.07) is 5.53. The van der Waals surface area contributed by atoms with Gasteiger partial charge in [0.05, 0.1) is 30.2 Å². The lowest BCUT2D eigenvalue weighted by Gasteiger charge is -2.14. The van der Waals surface area contributed by atoms with E-state index in [9.17, 15) is 4.79 Å². The Morgan fingerprint density at radius 1 is 1.20 bits per heavy atom. The van der Waals surface area contributed by atoms with Crippen molar-refractivity contribution in [1.82, 2.24) is 20.3 Å². The molecule has 1 fully saturated rings. The molecule has 0 aliphatic carbocycles. The summed E-state index contributed by atoms with van der Waals surface area (Å²) in [5.74, 6) is 0.436. The number of carbonyl (C=O) groups excluding carboxylic acids is 1. The Hall–Kier alpha value is -2.84. The summed E-state index contributed by atoms with van der Waals surface area (Å²) in [6.07, 6.45) is 7.34. The van der Waals surface area contributed by atoms with Gasteiger partial charge < -0.3 is 14.8 Å². The van der Waals surface area contributed by atoms with Crippen LogP contribution in [0.25, 0.3) is 10.6 Å². The summed E-state index contributed by atoms with van der Waals surface area (Å²) >= 11 is 1.58. The first kappa shape index (κ1) is 20.4. The molecule has 0 bridgehead atoms. The molecule has 1 aliphatic heterocycles. The molecule has 1 unspecified atom stereocenters. The highest BCUT2D eigenvalue weighted by molar-refractivity contribution is 7.14. The number of carbonyl (C=O) groups is 1. The van der Waals surface area contributed by atoms with Crippen molar-refractivity contribution in [1.29, 1.82) is 0 Å². The number of rotatable bonds is 7. The fourth-order valence-corrected chi connectivity index (χ4v) is 3.93. The number of nitrogens with zero attached hydrogens (tertiary/aromatic N) is 3. The smallest absolute Gasteiger partial charge is 0.251 e. The van der Waals surface area contributed by atoms with Gasteiger partial charge in [0, 0.05) is 35.0 Å². The molecule has 7 nitrogen and oxygen atoms in total. The summed E-state index contributed by atoms with van der Waals surface area (Å²) in [4.78, 5) is 26.9. The van der Waals surface area contributed by atoms with Gasteiger partial charge in [0.25, 0.3) is 5.91 Å². The number of hydrogen-bond donors (Lipinski definition) is 1. The highest BCUT2D eigenvalue weighted by Gasteiger charge is 2.18. The number of amides is 1. The molecule has 4 rings (SSSR count). The molecule has 1 saturated heterocycles. The molecular formula is C22H24N4O3S. The normalized spacial score (nSPS) is 15.9. The molecule has 156 valence electrons. The summed E-state index contributed by atoms with van der Waals surface area (Å²) in [5, 5.41) is 3.76. The summed E-state index contributed by atoms with van der Waals surface area (Å²) < 4.78 is 11.6. The highest BCUT2D eigenvalue weighted by Crippen LogP contribution is 2.30. The van der Waals surface area contributed by atoms with E-state index in [1.54, 1.807) is 29.8 Å². The van der Waals surface area contributed by atoms with E-state index < -0.39 is 0 Å². The minimum Gasteiger partial charge on any atom is -0.491 e. The van der Waals surface area contributed by atoms with E-state index >= 15 is 0 Å². The van der Waals surface area contributed by atoms with Gasteiger partial charge in [-0.2, -0.15) is 0 Å². The SMILES string of the molecule is Cc1cnc(CNC(=O)c2cc(OCC3CCCO3)cc(-c3ncc(C)s3)c2)cn1. The Labute approximate surface area is 179 Å². The lowest BCUT2D eigenvalue weighted by molar-refractivity contribution is 0.0679. The number of ether oxygens (including phenoxy) is 2. The van der Waals surface area contributed by atoms with Crippen molar-refractivity contribution in [2.75, 3.05) is 13.2 Å². The molecule has 0 saturated carbocycles. The van der Waals surface area contributed by atoms with E-state index in [0.717, 1.165) is 40.6 Å². The van der Waals surface area contributed by atoms with Gasteiger partial charge in [0.2, 0.25) is 0 Å². The molecular weight excluding hydrogens is 400 g/mol. The Morgan fingerprint density at radius 3 is 2.80 bits per heavy atom. The van der Waals surface area contributed by atoms with E-state index in [-0.39, 0.29) is 12.0 Å². The molecule has 1 N–H and O–H groups in total. The minimum atomic E-state index is -0.200. The predicted molar refractivity (Wildman–Crippen MR) is 115 cm³/mol. The van der Waals surface area contributed by atoms with E-state index in [2.05, 4.69) is 20.3 Å². The zero-order valence-corrected chi connectivity index (χ0v) is 17.9. The zero-order valence-electron chi connectivity index (χ0n) is 17.1. The molecule has 3 heterocycles. The van der Waals surface area contributed by atoms with E-state index in [1.165, 1.54) is 0 Å². The maximum atomic E-state index is 12.8. The van der Waals surface area contributed by atoms with Crippen LogP contribution in [0, 0.1) is 13.8 Å². The molecule has 1 atom stereocenters. The second-order valence-corrected chi connectivity index (χ2v) is 8.53. The Bertz CT molecular complexity index is 1010. The van der Waals surface area contributed by atoms with Gasteiger partial charge >= 0.3 is 0 Å². The van der Waals surface area contributed by atoms with Crippen molar-refractivity contribution >= 4 is 17.2 Å². The summed E-state index contributed by atoms with van der Waals surface area (Å²) in [5.41, 5.74) is 2.92. The maximum absolute atomic E-state index is 12.8. The average molecular weight is 425 g/mol. The van der Waals surface area contributed by atoms with E-state index in [1.807, 2.05) is 32.2 Å². The molecule has 0 radical (unpaired) electrons. The molecule has 8 heteroatoms. The molecule has 30 heavy (non-hydrogen) atoms. The minimum absolute atomic E-state index is 0.105. The topological polar surface area (TPSA) is 86.2 Å². The third-order valence-electron chi connectivity index (χ3n) is 4.76. The average Bonchev–Trinajstić information content (AvgIpc) is 3.43. The molecule has 1 aromatic carbocycles. The van der Waals surface area contributed by atoms with Gasteiger partial charge in [-0.25, -0.2) is 4.98 Å². The maximum Gasteiger partial charge on any atom is 0.251 e. The van der Waals surface area contributed by atoms with Crippen LogP contribution in [0.2, 0.25) is 0 Å². The zero-order chi connectivity index (χ0) is 20.9. The number of benzene rings is 1. The van der Waals surface area contributed by atoms with Crippen molar-refractivity contribution in [3.05, 3.63) is 58.6 Å². The number of aryl methyl sites for hydroxylation is 2. The van der Waals surface area contributed by atoms with Crippen LogP contribution in [0.1, 0.15) is 39.5 Å². The second-order valence-electron chi connectivity index (χ2n) is 7.30. The fourth-order valence-electron chi connectivity index (χ4n) is 3.17. The molecule has 3 aromatic rings. The molecule has 0 spiro atoms. The van der Waals surface area contributed by atoms with Crippen molar-refractivity contribution in [2.45, 2.75) is 39.3 Å². The summed E-state index contributed by atoms with van der Waals surface area (Å²) in [7, 11) is 0.